The van der Waals surface area contributed by atoms with E-state index in [-0.39, 0.29) is 16.1 Å². The molecule has 184 valence electrons. The summed E-state index contributed by atoms with van der Waals surface area (Å²) in [5, 5.41) is 11.0. The Labute approximate surface area is 193 Å². The van der Waals surface area contributed by atoms with Crippen LogP contribution in [0.3, 0.4) is 0 Å². The largest absolute Gasteiger partial charge is 0.444 e. The van der Waals surface area contributed by atoms with Crippen molar-refractivity contribution >= 4 is 22.7 Å². The molecule has 1 saturated heterocycles. The minimum Gasteiger partial charge on any atom is -0.444 e. The summed E-state index contributed by atoms with van der Waals surface area (Å²) in [4.78, 5) is 14.9. The number of hydrogen-bond donors (Lipinski definition) is 1. The number of rotatable bonds is 6. The minimum absolute atomic E-state index is 0.0537. The van der Waals surface area contributed by atoms with Crippen LogP contribution in [0.25, 0.3) is 0 Å². The number of hydrogen-bond acceptors (Lipinski definition) is 5. The van der Waals surface area contributed by atoms with Gasteiger partial charge in [0.1, 0.15) is 5.60 Å². The van der Waals surface area contributed by atoms with Crippen molar-refractivity contribution in [2.75, 3.05) is 13.2 Å². The lowest BCUT2D eigenvalue weighted by Gasteiger charge is -2.40. The third-order valence-electron chi connectivity index (χ3n) is 7.18. The molecule has 1 aliphatic heterocycles. The van der Waals surface area contributed by atoms with Crippen molar-refractivity contribution in [1.29, 1.82) is 0 Å². The van der Waals surface area contributed by atoms with Crippen LogP contribution in [-0.4, -0.2) is 69.7 Å². The Morgan fingerprint density at radius 1 is 0.871 bits per heavy atom. The molecule has 1 N–H and O–H groups in total. The van der Waals surface area contributed by atoms with Gasteiger partial charge < -0.3 is 18.7 Å². The average molecular weight is 476 g/mol. The molecule has 0 aromatic carbocycles. The number of carbonyl (C=O) groups excluding carboxylic acids is 1. The van der Waals surface area contributed by atoms with Crippen LogP contribution in [0.1, 0.15) is 68.7 Å². The quantitative estimate of drug-likeness (QED) is 0.494. The van der Waals surface area contributed by atoms with Gasteiger partial charge in [0.2, 0.25) is 0 Å². The molecule has 3 atom stereocenters. The first-order valence-corrected chi connectivity index (χ1v) is 17.4. The summed E-state index contributed by atoms with van der Waals surface area (Å²) in [5.74, 6) is 0. The number of nitrogens with zero attached hydrogens (tertiary/aromatic N) is 1. The molecule has 1 aliphatic rings. The molecule has 1 heterocycles. The van der Waals surface area contributed by atoms with E-state index in [1.54, 1.807) is 4.90 Å². The Morgan fingerprint density at radius 3 is 1.68 bits per heavy atom. The molecule has 6 nitrogen and oxygen atoms in total. The lowest BCUT2D eigenvalue weighted by molar-refractivity contribution is -0.00332. The first-order valence-electron chi connectivity index (χ1n) is 11.6. The molecule has 0 aromatic heterocycles. The maximum Gasteiger partial charge on any atom is 0.411 e. The standard InChI is InChI=1S/C23H49NO5Si2/c1-21(2,3)29-20(26)24-17(15-27-30(10,11)22(4,5)6)14-19(25)18(24)16-28-31(12,13)23(7,8)9/h17-19,25H,14-16H2,1-13H3/t17-,18-,19-/m1/s1. The zero-order valence-corrected chi connectivity index (χ0v) is 24.4. The van der Waals surface area contributed by atoms with Crippen LogP contribution >= 0.6 is 0 Å². The highest BCUT2D eigenvalue weighted by Crippen LogP contribution is 2.39. The molecule has 0 aromatic rings. The number of aliphatic hydroxyl groups is 1. The Balaban J connectivity index is 3.09. The van der Waals surface area contributed by atoms with Gasteiger partial charge in [0, 0.05) is 0 Å². The van der Waals surface area contributed by atoms with Crippen molar-refractivity contribution in [2.24, 2.45) is 0 Å². The maximum absolute atomic E-state index is 13.2. The third-order valence-corrected chi connectivity index (χ3v) is 16.2. The molecule has 1 fully saturated rings. The molecule has 1 amide bonds. The summed E-state index contributed by atoms with van der Waals surface area (Å²) in [7, 11) is -4.01. The molecular formula is C23H49NO5Si2. The Kier molecular flexibility index (Phi) is 8.72. The summed E-state index contributed by atoms with van der Waals surface area (Å²) in [5.41, 5.74) is -0.611. The van der Waals surface area contributed by atoms with E-state index in [2.05, 4.69) is 67.7 Å². The second-order valence-electron chi connectivity index (χ2n) is 13.1. The van der Waals surface area contributed by atoms with Crippen molar-refractivity contribution in [3.8, 4) is 0 Å². The summed E-state index contributed by atoms with van der Waals surface area (Å²) in [6.45, 7) is 28.2. The normalized spacial score (nSPS) is 23.9. The van der Waals surface area contributed by atoms with Crippen molar-refractivity contribution in [3.05, 3.63) is 0 Å². The number of carbonyl (C=O) groups is 1. The molecular weight excluding hydrogens is 426 g/mol. The van der Waals surface area contributed by atoms with Gasteiger partial charge >= 0.3 is 6.09 Å². The zero-order valence-electron chi connectivity index (χ0n) is 22.4. The van der Waals surface area contributed by atoms with E-state index in [1.807, 2.05) is 20.8 Å². The smallest absolute Gasteiger partial charge is 0.411 e. The van der Waals surface area contributed by atoms with Gasteiger partial charge in [0.15, 0.2) is 16.6 Å². The van der Waals surface area contributed by atoms with Gasteiger partial charge in [-0.3, -0.25) is 4.90 Å². The lowest BCUT2D eigenvalue weighted by atomic mass is 10.1. The van der Waals surface area contributed by atoms with Crippen LogP contribution in [0, 0.1) is 0 Å². The fraction of sp³-hybridized carbons (Fsp3) is 0.957. The summed E-state index contributed by atoms with van der Waals surface area (Å²) in [6, 6.07) is -0.663. The molecule has 0 spiro atoms. The second-order valence-corrected chi connectivity index (χ2v) is 22.7. The topological polar surface area (TPSA) is 68.2 Å². The highest BCUT2D eigenvalue weighted by molar-refractivity contribution is 6.74. The zero-order chi connectivity index (χ0) is 24.6. The predicted molar refractivity (Wildman–Crippen MR) is 133 cm³/mol. The molecule has 0 bridgehead atoms. The van der Waals surface area contributed by atoms with Crippen molar-refractivity contribution in [1.82, 2.24) is 4.90 Å². The van der Waals surface area contributed by atoms with Crippen molar-refractivity contribution < 1.29 is 23.5 Å². The van der Waals surface area contributed by atoms with E-state index < -0.39 is 40.5 Å². The second kappa shape index (κ2) is 9.45. The van der Waals surface area contributed by atoms with Crippen LogP contribution in [0.4, 0.5) is 4.79 Å². The van der Waals surface area contributed by atoms with Crippen LogP contribution in [-0.2, 0) is 13.6 Å². The van der Waals surface area contributed by atoms with Gasteiger partial charge in [-0.15, -0.1) is 0 Å². The number of aliphatic hydroxyl groups excluding tert-OH is 1. The van der Waals surface area contributed by atoms with Gasteiger partial charge in [-0.1, -0.05) is 41.5 Å². The molecule has 0 saturated carbocycles. The summed E-state index contributed by atoms with van der Waals surface area (Å²) in [6.07, 6.45) is -0.596. The Hall–Kier alpha value is -0.416. The van der Waals surface area contributed by atoms with E-state index in [1.165, 1.54) is 0 Å². The first-order chi connectivity index (χ1) is 13.6. The van der Waals surface area contributed by atoms with E-state index in [4.69, 9.17) is 13.6 Å². The first kappa shape index (κ1) is 28.6. The van der Waals surface area contributed by atoms with Crippen LogP contribution in [0.15, 0.2) is 0 Å². The van der Waals surface area contributed by atoms with E-state index in [0.717, 1.165) is 0 Å². The maximum atomic E-state index is 13.2. The van der Waals surface area contributed by atoms with E-state index >= 15 is 0 Å². The number of likely N-dealkylation sites (tertiary alicyclic amines) is 1. The monoisotopic (exact) mass is 475 g/mol. The highest BCUT2D eigenvalue weighted by Gasteiger charge is 2.48. The SMILES string of the molecule is CC(C)(C)OC(=O)N1[C@@H](CO[Si](C)(C)C(C)(C)C)C[C@@H](O)[C@H]1CO[Si](C)(C)C(C)(C)C. The van der Waals surface area contributed by atoms with Gasteiger partial charge in [-0.25, -0.2) is 4.79 Å². The molecule has 31 heavy (non-hydrogen) atoms. The van der Waals surface area contributed by atoms with Gasteiger partial charge in [-0.05, 0) is 63.5 Å². The van der Waals surface area contributed by atoms with Crippen LogP contribution in [0.2, 0.25) is 36.3 Å². The molecule has 0 unspecified atom stereocenters. The number of ether oxygens (including phenoxy) is 1. The van der Waals surface area contributed by atoms with Gasteiger partial charge in [0.05, 0.1) is 31.4 Å². The molecule has 0 aliphatic carbocycles. The summed E-state index contributed by atoms with van der Waals surface area (Å²) >= 11 is 0. The molecule has 8 heteroatoms. The predicted octanol–water partition coefficient (Wildman–Crippen LogP) is 5.77. The fourth-order valence-corrected chi connectivity index (χ4v) is 5.04. The average Bonchev–Trinajstić information content (AvgIpc) is 2.83. The lowest BCUT2D eigenvalue weighted by Crippen LogP contribution is -2.52. The van der Waals surface area contributed by atoms with Crippen molar-refractivity contribution in [2.45, 2.75) is 129 Å². The van der Waals surface area contributed by atoms with Crippen LogP contribution < -0.4 is 0 Å². The van der Waals surface area contributed by atoms with Gasteiger partial charge in [0.25, 0.3) is 0 Å². The minimum atomic E-state index is -2.02. The van der Waals surface area contributed by atoms with Crippen LogP contribution in [0.5, 0.6) is 0 Å². The fourth-order valence-electron chi connectivity index (χ4n) is 2.98. The van der Waals surface area contributed by atoms with E-state index in [0.29, 0.717) is 19.6 Å². The Morgan fingerprint density at radius 2 is 1.29 bits per heavy atom. The molecule has 0 radical (unpaired) electrons. The number of amides is 1. The Bertz CT molecular complexity index is 617. The summed E-state index contributed by atoms with van der Waals surface area (Å²) < 4.78 is 18.6. The highest BCUT2D eigenvalue weighted by atomic mass is 28.4. The van der Waals surface area contributed by atoms with E-state index in [9.17, 15) is 9.90 Å². The van der Waals surface area contributed by atoms with Gasteiger partial charge in [-0.2, -0.15) is 0 Å². The third kappa shape index (κ3) is 7.55. The molecule has 1 rings (SSSR count). The van der Waals surface area contributed by atoms with Crippen molar-refractivity contribution in [3.63, 3.8) is 0 Å².